The number of amides is 1. The van der Waals surface area contributed by atoms with Crippen molar-refractivity contribution in [2.75, 3.05) is 11.9 Å². The zero-order chi connectivity index (χ0) is 19.9. The number of nitrogens with zero attached hydrogens (tertiary/aromatic N) is 1. The fraction of sp³-hybridized carbons (Fsp3) is 0.182. The number of benzene rings is 2. The molecule has 1 heterocycles. The third-order valence-corrected chi connectivity index (χ3v) is 4.23. The van der Waals surface area contributed by atoms with Gasteiger partial charge in [0.15, 0.2) is 0 Å². The van der Waals surface area contributed by atoms with Crippen molar-refractivity contribution in [3.05, 3.63) is 88.3 Å². The zero-order valence-corrected chi connectivity index (χ0v) is 15.6. The minimum Gasteiger partial charge on any atom is -0.450 e. The number of pyridine rings is 1. The number of carbonyl (C=O) groups is 1. The predicted molar refractivity (Wildman–Crippen MR) is 108 cm³/mol. The van der Waals surface area contributed by atoms with Gasteiger partial charge >= 0.3 is 6.09 Å². The van der Waals surface area contributed by atoms with Crippen molar-refractivity contribution >= 4 is 11.8 Å². The standard InChI is InChI=1S/C22H22N2O4/c1-2-28-22(27)23-20-8-4-5-16(12-20)13-24-14-19(9-10-21(24)26)18-7-3-6-17(11-18)15-25/h3-12,14,25H,2,13,15H2,1H3,(H,23,27). The number of aromatic nitrogens is 1. The fourth-order valence-electron chi connectivity index (χ4n) is 2.90. The number of hydrogen-bond donors (Lipinski definition) is 2. The molecule has 28 heavy (non-hydrogen) atoms. The second kappa shape index (κ2) is 9.01. The number of nitrogens with one attached hydrogen (secondary N) is 1. The summed E-state index contributed by atoms with van der Waals surface area (Å²) in [6.45, 7) is 2.37. The maximum absolute atomic E-state index is 12.3. The summed E-state index contributed by atoms with van der Waals surface area (Å²) in [5.41, 5.74) is 3.99. The van der Waals surface area contributed by atoms with Gasteiger partial charge in [-0.3, -0.25) is 10.1 Å². The summed E-state index contributed by atoms with van der Waals surface area (Å²) in [5.74, 6) is 0. The lowest BCUT2D eigenvalue weighted by molar-refractivity contribution is 0.168. The van der Waals surface area contributed by atoms with E-state index in [2.05, 4.69) is 5.32 Å². The van der Waals surface area contributed by atoms with Crippen molar-refractivity contribution in [2.24, 2.45) is 0 Å². The van der Waals surface area contributed by atoms with E-state index in [1.807, 2.05) is 42.5 Å². The van der Waals surface area contributed by atoms with E-state index < -0.39 is 6.09 Å². The first-order valence-corrected chi connectivity index (χ1v) is 9.02. The summed E-state index contributed by atoms with van der Waals surface area (Å²) in [5, 5.41) is 12.0. The average molecular weight is 378 g/mol. The topological polar surface area (TPSA) is 80.6 Å². The van der Waals surface area contributed by atoms with Gasteiger partial charge in [-0.1, -0.05) is 30.3 Å². The Morgan fingerprint density at radius 1 is 1.04 bits per heavy atom. The third kappa shape index (κ3) is 4.86. The molecule has 3 aromatic rings. The van der Waals surface area contributed by atoms with Crippen LogP contribution in [0.5, 0.6) is 0 Å². The largest absolute Gasteiger partial charge is 0.450 e. The minimum atomic E-state index is -0.512. The predicted octanol–water partition coefficient (Wildman–Crippen LogP) is 3.62. The highest BCUT2D eigenvalue weighted by molar-refractivity contribution is 5.84. The Hall–Kier alpha value is -3.38. The molecule has 144 valence electrons. The Labute approximate surface area is 163 Å². The number of rotatable bonds is 6. The molecular weight excluding hydrogens is 356 g/mol. The van der Waals surface area contributed by atoms with Crippen LogP contribution in [0.2, 0.25) is 0 Å². The summed E-state index contributed by atoms with van der Waals surface area (Å²) in [6.07, 6.45) is 1.28. The number of aliphatic hydroxyl groups is 1. The van der Waals surface area contributed by atoms with Gasteiger partial charge in [0.05, 0.1) is 19.8 Å². The van der Waals surface area contributed by atoms with Crippen LogP contribution >= 0.6 is 0 Å². The molecule has 0 atom stereocenters. The van der Waals surface area contributed by atoms with E-state index in [1.165, 1.54) is 6.07 Å². The summed E-state index contributed by atoms with van der Waals surface area (Å²) in [4.78, 5) is 23.9. The minimum absolute atomic E-state index is 0.0340. The molecule has 6 nitrogen and oxygen atoms in total. The van der Waals surface area contributed by atoms with Crippen molar-refractivity contribution < 1.29 is 14.6 Å². The highest BCUT2D eigenvalue weighted by Gasteiger charge is 2.06. The van der Waals surface area contributed by atoms with E-state index >= 15 is 0 Å². The Kier molecular flexibility index (Phi) is 6.24. The molecule has 2 aromatic carbocycles. The Bertz CT molecular complexity index is 1030. The second-order valence-electron chi connectivity index (χ2n) is 6.29. The normalized spacial score (nSPS) is 10.5. The van der Waals surface area contributed by atoms with Gasteiger partial charge in [0.25, 0.3) is 5.56 Å². The Morgan fingerprint density at radius 3 is 2.61 bits per heavy atom. The van der Waals surface area contributed by atoms with Gasteiger partial charge in [0.1, 0.15) is 0 Å². The molecule has 0 unspecified atom stereocenters. The van der Waals surface area contributed by atoms with E-state index in [4.69, 9.17) is 4.74 Å². The molecule has 1 aromatic heterocycles. The molecule has 6 heteroatoms. The third-order valence-electron chi connectivity index (χ3n) is 4.23. The molecule has 0 saturated heterocycles. The van der Waals surface area contributed by atoms with Crippen LogP contribution in [0.15, 0.2) is 71.7 Å². The van der Waals surface area contributed by atoms with Gasteiger partial charge in [0, 0.05) is 18.0 Å². The van der Waals surface area contributed by atoms with Crippen molar-refractivity contribution in [3.63, 3.8) is 0 Å². The number of ether oxygens (including phenoxy) is 1. The van der Waals surface area contributed by atoms with Crippen molar-refractivity contribution in [1.29, 1.82) is 0 Å². The van der Waals surface area contributed by atoms with Crippen LogP contribution in [0.25, 0.3) is 11.1 Å². The van der Waals surface area contributed by atoms with E-state index in [0.717, 1.165) is 22.3 Å². The summed E-state index contributed by atoms with van der Waals surface area (Å²) in [7, 11) is 0. The molecule has 0 fully saturated rings. The number of carbonyl (C=O) groups excluding carboxylic acids is 1. The van der Waals surface area contributed by atoms with Crippen LogP contribution in [-0.2, 0) is 17.9 Å². The lowest BCUT2D eigenvalue weighted by Crippen LogP contribution is -2.19. The fourth-order valence-corrected chi connectivity index (χ4v) is 2.90. The molecule has 0 radical (unpaired) electrons. The molecule has 0 saturated carbocycles. The van der Waals surface area contributed by atoms with Crippen LogP contribution < -0.4 is 10.9 Å². The first kappa shape index (κ1) is 19.4. The molecule has 1 amide bonds. The van der Waals surface area contributed by atoms with Crippen LogP contribution in [0, 0.1) is 0 Å². The highest BCUT2D eigenvalue weighted by atomic mass is 16.5. The maximum Gasteiger partial charge on any atom is 0.411 e. The zero-order valence-electron chi connectivity index (χ0n) is 15.6. The monoisotopic (exact) mass is 378 g/mol. The van der Waals surface area contributed by atoms with Gasteiger partial charge in [-0.2, -0.15) is 0 Å². The van der Waals surface area contributed by atoms with Crippen molar-refractivity contribution in [3.8, 4) is 11.1 Å². The van der Waals surface area contributed by atoms with Gasteiger partial charge < -0.3 is 14.4 Å². The van der Waals surface area contributed by atoms with Crippen molar-refractivity contribution in [2.45, 2.75) is 20.1 Å². The molecule has 0 spiro atoms. The first-order chi connectivity index (χ1) is 13.6. The molecule has 0 aliphatic carbocycles. The lowest BCUT2D eigenvalue weighted by atomic mass is 10.0. The number of anilines is 1. The first-order valence-electron chi connectivity index (χ1n) is 9.02. The highest BCUT2D eigenvalue weighted by Crippen LogP contribution is 2.20. The molecular formula is C22H22N2O4. The van der Waals surface area contributed by atoms with E-state index in [1.54, 1.807) is 29.8 Å². The lowest BCUT2D eigenvalue weighted by Gasteiger charge is -2.11. The van der Waals surface area contributed by atoms with Crippen LogP contribution in [0.1, 0.15) is 18.1 Å². The number of aliphatic hydroxyl groups excluding tert-OH is 1. The van der Waals surface area contributed by atoms with E-state index in [0.29, 0.717) is 18.8 Å². The summed E-state index contributed by atoms with van der Waals surface area (Å²) < 4.78 is 6.50. The van der Waals surface area contributed by atoms with Gasteiger partial charge in [-0.05, 0) is 53.4 Å². The smallest absolute Gasteiger partial charge is 0.411 e. The average Bonchev–Trinajstić information content (AvgIpc) is 2.70. The maximum atomic E-state index is 12.3. The molecule has 0 aliphatic heterocycles. The van der Waals surface area contributed by atoms with Crippen LogP contribution in [0.3, 0.4) is 0 Å². The van der Waals surface area contributed by atoms with Gasteiger partial charge in [-0.25, -0.2) is 4.79 Å². The quantitative estimate of drug-likeness (QED) is 0.686. The van der Waals surface area contributed by atoms with Crippen LogP contribution in [0.4, 0.5) is 10.5 Å². The van der Waals surface area contributed by atoms with Crippen molar-refractivity contribution in [1.82, 2.24) is 4.57 Å². The molecule has 0 bridgehead atoms. The summed E-state index contributed by atoms with van der Waals surface area (Å²) in [6, 6.07) is 18.1. The second-order valence-corrected chi connectivity index (χ2v) is 6.29. The van der Waals surface area contributed by atoms with E-state index in [-0.39, 0.29) is 12.2 Å². The van der Waals surface area contributed by atoms with Gasteiger partial charge in [-0.15, -0.1) is 0 Å². The van der Waals surface area contributed by atoms with Gasteiger partial charge in [0.2, 0.25) is 0 Å². The Balaban J connectivity index is 1.84. The molecule has 2 N–H and O–H groups in total. The Morgan fingerprint density at radius 2 is 1.82 bits per heavy atom. The van der Waals surface area contributed by atoms with E-state index in [9.17, 15) is 14.7 Å². The number of hydrogen-bond acceptors (Lipinski definition) is 4. The summed E-state index contributed by atoms with van der Waals surface area (Å²) >= 11 is 0. The molecule has 3 rings (SSSR count). The SMILES string of the molecule is CCOC(=O)Nc1cccc(Cn2cc(-c3cccc(CO)c3)ccc2=O)c1. The molecule has 0 aliphatic rings. The van der Waals surface area contributed by atoms with Crippen LogP contribution in [-0.4, -0.2) is 22.4 Å².